The standard InChI is InChI=1S/C21H45N5O.HI/c1-6-21(7-2,10-15-27)18-24-20(22-8-3)23-16-19(5)17-26-13-11-25(9-4)12-14-26;/h19,27H,6-18H2,1-5H3,(H2,22,23,24);1H. The van der Waals surface area contributed by atoms with E-state index in [2.05, 4.69) is 55.1 Å². The van der Waals surface area contributed by atoms with E-state index in [0.29, 0.717) is 5.92 Å². The van der Waals surface area contributed by atoms with Crippen LogP contribution in [0.1, 0.15) is 53.9 Å². The Labute approximate surface area is 190 Å². The van der Waals surface area contributed by atoms with Gasteiger partial charge in [-0.25, -0.2) is 0 Å². The molecule has 0 aromatic carbocycles. The van der Waals surface area contributed by atoms with Crippen LogP contribution in [-0.2, 0) is 0 Å². The highest BCUT2D eigenvalue weighted by molar-refractivity contribution is 14.0. The number of hydrogen-bond acceptors (Lipinski definition) is 4. The molecule has 1 aliphatic rings. The summed E-state index contributed by atoms with van der Waals surface area (Å²) in [4.78, 5) is 9.96. The van der Waals surface area contributed by atoms with Crippen molar-refractivity contribution in [3.63, 3.8) is 0 Å². The SMILES string of the molecule is CCNC(=NCC(CC)(CC)CCO)NCC(C)CN1CCN(CC)CC1.I. The monoisotopic (exact) mass is 511 g/mol. The highest BCUT2D eigenvalue weighted by atomic mass is 127. The number of likely N-dealkylation sites (N-methyl/N-ethyl adjacent to an activating group) is 1. The summed E-state index contributed by atoms with van der Waals surface area (Å²) in [6.07, 6.45) is 2.92. The minimum Gasteiger partial charge on any atom is -0.396 e. The first-order valence-electron chi connectivity index (χ1n) is 11.1. The molecule has 6 nitrogen and oxygen atoms in total. The number of halogens is 1. The Bertz CT molecular complexity index is 410. The Morgan fingerprint density at radius 2 is 1.64 bits per heavy atom. The lowest BCUT2D eigenvalue weighted by atomic mass is 9.79. The minimum atomic E-state index is 0. The van der Waals surface area contributed by atoms with E-state index in [0.717, 1.165) is 51.4 Å². The number of rotatable bonds is 12. The van der Waals surface area contributed by atoms with Crippen molar-refractivity contribution in [2.24, 2.45) is 16.3 Å². The first-order chi connectivity index (χ1) is 13.0. The van der Waals surface area contributed by atoms with Gasteiger partial charge in [0.05, 0.1) is 0 Å². The van der Waals surface area contributed by atoms with Crippen molar-refractivity contribution < 1.29 is 5.11 Å². The predicted octanol–water partition coefficient (Wildman–Crippen LogP) is 2.62. The molecule has 0 amide bonds. The largest absolute Gasteiger partial charge is 0.396 e. The molecule has 0 bridgehead atoms. The van der Waals surface area contributed by atoms with Crippen molar-refractivity contribution in [2.75, 3.05) is 65.5 Å². The van der Waals surface area contributed by atoms with Gasteiger partial charge in [-0.3, -0.25) is 4.99 Å². The Balaban J connectivity index is 0.00000729. The molecule has 0 radical (unpaired) electrons. The zero-order valence-electron chi connectivity index (χ0n) is 19.0. The molecule has 0 aliphatic carbocycles. The van der Waals surface area contributed by atoms with Gasteiger partial charge in [0, 0.05) is 59.0 Å². The molecule has 1 heterocycles. The fraction of sp³-hybridized carbons (Fsp3) is 0.952. The number of nitrogens with zero attached hydrogens (tertiary/aromatic N) is 3. The predicted molar refractivity (Wildman–Crippen MR) is 132 cm³/mol. The van der Waals surface area contributed by atoms with E-state index in [4.69, 9.17) is 4.99 Å². The van der Waals surface area contributed by atoms with Gasteiger partial charge in [0.1, 0.15) is 0 Å². The summed E-state index contributed by atoms with van der Waals surface area (Å²) in [7, 11) is 0. The molecule has 1 saturated heterocycles. The van der Waals surface area contributed by atoms with Crippen molar-refractivity contribution in [1.82, 2.24) is 20.4 Å². The van der Waals surface area contributed by atoms with Crippen LogP contribution in [0, 0.1) is 11.3 Å². The highest BCUT2D eigenvalue weighted by Crippen LogP contribution is 2.30. The van der Waals surface area contributed by atoms with E-state index < -0.39 is 0 Å². The fourth-order valence-electron chi connectivity index (χ4n) is 3.80. The molecule has 1 rings (SSSR count). The van der Waals surface area contributed by atoms with E-state index in [9.17, 15) is 5.11 Å². The van der Waals surface area contributed by atoms with Crippen LogP contribution in [0.2, 0.25) is 0 Å². The summed E-state index contributed by atoms with van der Waals surface area (Å²) in [5, 5.41) is 16.3. The Kier molecular flexibility index (Phi) is 15.6. The van der Waals surface area contributed by atoms with Gasteiger partial charge in [-0.2, -0.15) is 0 Å². The van der Waals surface area contributed by atoms with Crippen LogP contribution >= 0.6 is 24.0 Å². The summed E-state index contributed by atoms with van der Waals surface area (Å²) < 4.78 is 0. The summed E-state index contributed by atoms with van der Waals surface area (Å²) in [6.45, 7) is 21.0. The zero-order chi connectivity index (χ0) is 20.1. The summed E-state index contributed by atoms with van der Waals surface area (Å²) in [5.41, 5.74) is 0.113. The van der Waals surface area contributed by atoms with Gasteiger partial charge in [-0.05, 0) is 44.1 Å². The van der Waals surface area contributed by atoms with Crippen LogP contribution in [-0.4, -0.2) is 86.4 Å². The molecule has 168 valence electrons. The molecule has 3 N–H and O–H groups in total. The van der Waals surface area contributed by atoms with Crippen molar-refractivity contribution in [3.05, 3.63) is 0 Å². The molecule has 1 atom stereocenters. The average molecular weight is 512 g/mol. The van der Waals surface area contributed by atoms with Gasteiger partial charge in [-0.15, -0.1) is 24.0 Å². The number of piperazine rings is 1. The smallest absolute Gasteiger partial charge is 0.191 e. The molecule has 28 heavy (non-hydrogen) atoms. The first-order valence-corrected chi connectivity index (χ1v) is 11.1. The van der Waals surface area contributed by atoms with Crippen LogP contribution in [0.5, 0.6) is 0 Å². The average Bonchev–Trinajstić information content (AvgIpc) is 2.69. The normalized spacial score (nSPS) is 17.9. The van der Waals surface area contributed by atoms with E-state index in [1.807, 2.05) is 0 Å². The lowest BCUT2D eigenvalue weighted by Crippen LogP contribution is -2.48. The quantitative estimate of drug-likeness (QED) is 0.214. The van der Waals surface area contributed by atoms with E-state index in [1.165, 1.54) is 32.7 Å². The van der Waals surface area contributed by atoms with Gasteiger partial charge in [-0.1, -0.05) is 27.7 Å². The number of hydrogen-bond donors (Lipinski definition) is 3. The molecular weight excluding hydrogens is 465 g/mol. The summed E-state index contributed by atoms with van der Waals surface area (Å²) >= 11 is 0. The summed E-state index contributed by atoms with van der Waals surface area (Å²) in [6, 6.07) is 0. The number of guanidine groups is 1. The number of nitrogens with one attached hydrogen (secondary N) is 2. The molecule has 0 saturated carbocycles. The maximum atomic E-state index is 9.41. The number of aliphatic imine (C=N–C) groups is 1. The minimum absolute atomic E-state index is 0. The molecule has 0 spiro atoms. The number of aliphatic hydroxyl groups excluding tert-OH is 1. The molecule has 0 aromatic rings. The number of aliphatic hydroxyl groups is 1. The molecule has 0 aromatic heterocycles. The van der Waals surface area contributed by atoms with Crippen molar-refractivity contribution >= 4 is 29.9 Å². The molecule has 1 fully saturated rings. The van der Waals surface area contributed by atoms with Gasteiger partial charge >= 0.3 is 0 Å². The molecule has 1 aliphatic heterocycles. The van der Waals surface area contributed by atoms with Crippen LogP contribution < -0.4 is 10.6 Å². The van der Waals surface area contributed by atoms with E-state index in [-0.39, 0.29) is 36.0 Å². The van der Waals surface area contributed by atoms with Gasteiger partial charge in [0.15, 0.2) is 5.96 Å². The first kappa shape index (κ1) is 27.9. The Hall–Kier alpha value is -0.120. The molecule has 1 unspecified atom stereocenters. The van der Waals surface area contributed by atoms with Gasteiger partial charge < -0.3 is 25.5 Å². The van der Waals surface area contributed by atoms with Crippen LogP contribution in [0.4, 0.5) is 0 Å². The van der Waals surface area contributed by atoms with Crippen molar-refractivity contribution in [2.45, 2.75) is 53.9 Å². The second-order valence-electron chi connectivity index (χ2n) is 8.10. The maximum Gasteiger partial charge on any atom is 0.191 e. The van der Waals surface area contributed by atoms with Crippen LogP contribution in [0.15, 0.2) is 4.99 Å². The van der Waals surface area contributed by atoms with Crippen LogP contribution in [0.25, 0.3) is 0 Å². The molecule has 7 heteroatoms. The fourth-order valence-corrected chi connectivity index (χ4v) is 3.80. The van der Waals surface area contributed by atoms with E-state index in [1.54, 1.807) is 0 Å². The third kappa shape index (κ3) is 10.1. The van der Waals surface area contributed by atoms with Gasteiger partial charge in [0.2, 0.25) is 0 Å². The highest BCUT2D eigenvalue weighted by Gasteiger charge is 2.25. The third-order valence-electron chi connectivity index (χ3n) is 6.16. The molecular formula is C21H46IN5O. The van der Waals surface area contributed by atoms with E-state index >= 15 is 0 Å². The van der Waals surface area contributed by atoms with Crippen molar-refractivity contribution in [1.29, 1.82) is 0 Å². The Morgan fingerprint density at radius 3 is 2.14 bits per heavy atom. The maximum absolute atomic E-state index is 9.41. The lowest BCUT2D eigenvalue weighted by Gasteiger charge is -2.35. The third-order valence-corrected chi connectivity index (χ3v) is 6.16. The van der Waals surface area contributed by atoms with Crippen LogP contribution in [0.3, 0.4) is 0 Å². The second kappa shape index (κ2) is 15.7. The van der Waals surface area contributed by atoms with Gasteiger partial charge in [0.25, 0.3) is 0 Å². The Morgan fingerprint density at radius 1 is 1.04 bits per heavy atom. The van der Waals surface area contributed by atoms with Crippen molar-refractivity contribution in [3.8, 4) is 0 Å². The second-order valence-corrected chi connectivity index (χ2v) is 8.10. The topological polar surface area (TPSA) is 63.1 Å². The lowest BCUT2D eigenvalue weighted by molar-refractivity contribution is 0.124. The summed E-state index contributed by atoms with van der Waals surface area (Å²) in [5.74, 6) is 1.49. The zero-order valence-corrected chi connectivity index (χ0v) is 21.3.